The molecule has 4 heteroatoms. The number of rotatable bonds is 3. The molecule has 1 rings (SSSR count). The third-order valence-electron chi connectivity index (χ3n) is 1.55. The van der Waals surface area contributed by atoms with Gasteiger partial charge in [-0.25, -0.2) is 4.39 Å². The van der Waals surface area contributed by atoms with Gasteiger partial charge in [-0.15, -0.1) is 0 Å². The molecule has 1 aromatic carbocycles. The first kappa shape index (κ1) is 10.5. The Balaban J connectivity index is 2.83. The number of carbonyl (C=O) groups is 1. The van der Waals surface area contributed by atoms with Crippen molar-refractivity contribution in [1.82, 2.24) is 0 Å². The maximum absolute atomic E-state index is 11.9. The molecule has 0 fully saturated rings. The van der Waals surface area contributed by atoms with Crippen LogP contribution >= 0.6 is 23.2 Å². The maximum atomic E-state index is 11.9. The number of hydrogen-bond donors (Lipinski definition) is 0. The molecular weight excluding hydrogens is 214 g/mol. The van der Waals surface area contributed by atoms with Gasteiger partial charge < -0.3 is 0 Å². The number of hydrogen-bond acceptors (Lipinski definition) is 1. The highest BCUT2D eigenvalue weighted by Crippen LogP contribution is 2.21. The van der Waals surface area contributed by atoms with Gasteiger partial charge in [-0.2, -0.15) is 0 Å². The molecule has 0 saturated heterocycles. The predicted octanol–water partition coefficient (Wildman–Crippen LogP) is 3.07. The van der Waals surface area contributed by atoms with Gasteiger partial charge in [0.1, 0.15) is 6.67 Å². The lowest BCUT2D eigenvalue weighted by atomic mass is 10.1. The van der Waals surface area contributed by atoms with Crippen molar-refractivity contribution in [1.29, 1.82) is 0 Å². The Kier molecular flexibility index (Phi) is 3.70. The summed E-state index contributed by atoms with van der Waals surface area (Å²) in [5, 5.41) is 0.899. The van der Waals surface area contributed by atoms with Crippen LogP contribution in [0.4, 0.5) is 4.39 Å². The predicted molar refractivity (Wildman–Crippen MR) is 51.1 cm³/mol. The fourth-order valence-corrected chi connectivity index (χ4v) is 1.40. The summed E-state index contributed by atoms with van der Waals surface area (Å²) in [6, 6.07) is 4.77. The van der Waals surface area contributed by atoms with Crippen molar-refractivity contribution in [3.8, 4) is 0 Å². The van der Waals surface area contributed by atoms with Gasteiger partial charge in [0.2, 0.25) is 0 Å². The second-order valence-electron chi connectivity index (χ2n) is 2.58. The molecule has 0 atom stereocenters. The van der Waals surface area contributed by atoms with Crippen LogP contribution in [-0.2, 0) is 11.2 Å². The van der Waals surface area contributed by atoms with Crippen molar-refractivity contribution >= 4 is 29.0 Å². The Morgan fingerprint density at radius 2 is 2.08 bits per heavy atom. The molecule has 0 spiro atoms. The summed E-state index contributed by atoms with van der Waals surface area (Å²) < 4.78 is 11.9. The quantitative estimate of drug-likeness (QED) is 0.766. The normalized spacial score (nSPS) is 10.1. The molecule has 0 saturated carbocycles. The van der Waals surface area contributed by atoms with E-state index >= 15 is 0 Å². The molecule has 1 aromatic rings. The molecule has 0 aromatic heterocycles. The van der Waals surface area contributed by atoms with Crippen LogP contribution < -0.4 is 0 Å². The highest BCUT2D eigenvalue weighted by atomic mass is 35.5. The Morgan fingerprint density at radius 1 is 1.38 bits per heavy atom. The maximum Gasteiger partial charge on any atom is 0.168 e. The first-order valence-corrected chi connectivity index (χ1v) is 4.40. The van der Waals surface area contributed by atoms with Crippen LogP contribution in [0.5, 0.6) is 0 Å². The summed E-state index contributed by atoms with van der Waals surface area (Å²) in [4.78, 5) is 10.8. The van der Waals surface area contributed by atoms with E-state index in [-0.39, 0.29) is 6.42 Å². The average molecular weight is 221 g/mol. The molecule has 0 heterocycles. The minimum absolute atomic E-state index is 0.0203. The summed E-state index contributed by atoms with van der Waals surface area (Å²) in [7, 11) is 0. The number of ketones is 1. The Labute approximate surface area is 85.5 Å². The van der Waals surface area contributed by atoms with Gasteiger partial charge >= 0.3 is 0 Å². The number of benzene rings is 1. The van der Waals surface area contributed by atoms with Gasteiger partial charge in [0.05, 0.1) is 0 Å². The van der Waals surface area contributed by atoms with Gasteiger partial charge in [0.15, 0.2) is 5.78 Å². The molecule has 0 N–H and O–H groups in total. The lowest BCUT2D eigenvalue weighted by Crippen LogP contribution is -2.04. The van der Waals surface area contributed by atoms with Gasteiger partial charge in [-0.1, -0.05) is 29.3 Å². The zero-order chi connectivity index (χ0) is 9.84. The summed E-state index contributed by atoms with van der Waals surface area (Å²) in [6.45, 7) is -0.959. The largest absolute Gasteiger partial charge is 0.296 e. The van der Waals surface area contributed by atoms with E-state index in [1.165, 1.54) is 6.07 Å². The topological polar surface area (TPSA) is 17.1 Å². The van der Waals surface area contributed by atoms with Gasteiger partial charge in [0.25, 0.3) is 0 Å². The van der Waals surface area contributed by atoms with Crippen LogP contribution in [0.15, 0.2) is 18.2 Å². The summed E-state index contributed by atoms with van der Waals surface area (Å²) in [5.74, 6) is -0.482. The fourth-order valence-electron chi connectivity index (χ4n) is 0.925. The van der Waals surface area contributed by atoms with Crippen molar-refractivity contribution in [2.75, 3.05) is 6.67 Å². The molecule has 70 valence electrons. The monoisotopic (exact) mass is 220 g/mol. The lowest BCUT2D eigenvalue weighted by molar-refractivity contribution is -0.119. The minimum Gasteiger partial charge on any atom is -0.296 e. The fraction of sp³-hybridized carbons (Fsp3) is 0.222. The first-order chi connectivity index (χ1) is 6.13. The molecule has 0 bridgehead atoms. The van der Waals surface area contributed by atoms with E-state index in [0.717, 1.165) is 0 Å². The highest BCUT2D eigenvalue weighted by Gasteiger charge is 2.06. The van der Waals surface area contributed by atoms with E-state index in [9.17, 15) is 9.18 Å². The zero-order valence-corrected chi connectivity index (χ0v) is 8.20. The van der Waals surface area contributed by atoms with Gasteiger partial charge in [0, 0.05) is 16.5 Å². The molecule has 0 amide bonds. The van der Waals surface area contributed by atoms with E-state index in [1.54, 1.807) is 12.1 Å². The van der Waals surface area contributed by atoms with Crippen LogP contribution in [0.25, 0.3) is 0 Å². The van der Waals surface area contributed by atoms with Crippen molar-refractivity contribution in [3.63, 3.8) is 0 Å². The Hall–Kier alpha value is -0.600. The second-order valence-corrected chi connectivity index (χ2v) is 3.43. The summed E-state index contributed by atoms with van der Waals surface area (Å²) >= 11 is 11.4. The molecule has 0 unspecified atom stereocenters. The highest BCUT2D eigenvalue weighted by molar-refractivity contribution is 6.35. The van der Waals surface area contributed by atoms with Crippen molar-refractivity contribution in [3.05, 3.63) is 33.8 Å². The molecule has 0 radical (unpaired) electrons. The molecule has 0 aliphatic heterocycles. The lowest BCUT2D eigenvalue weighted by Gasteiger charge is -2.01. The van der Waals surface area contributed by atoms with Gasteiger partial charge in [-0.3, -0.25) is 4.79 Å². The van der Waals surface area contributed by atoms with Crippen molar-refractivity contribution in [2.45, 2.75) is 6.42 Å². The van der Waals surface area contributed by atoms with Crippen LogP contribution in [0.1, 0.15) is 5.56 Å². The van der Waals surface area contributed by atoms with Crippen LogP contribution in [0.2, 0.25) is 10.0 Å². The Bertz CT molecular complexity index is 325. The van der Waals surface area contributed by atoms with Crippen LogP contribution in [0.3, 0.4) is 0 Å². The van der Waals surface area contributed by atoms with Crippen molar-refractivity contribution in [2.24, 2.45) is 0 Å². The van der Waals surface area contributed by atoms with Gasteiger partial charge in [-0.05, 0) is 17.7 Å². The zero-order valence-electron chi connectivity index (χ0n) is 6.69. The van der Waals surface area contributed by atoms with E-state index in [4.69, 9.17) is 23.2 Å². The van der Waals surface area contributed by atoms with Crippen LogP contribution in [-0.4, -0.2) is 12.5 Å². The first-order valence-electron chi connectivity index (χ1n) is 3.65. The number of carbonyl (C=O) groups excluding carboxylic acids is 1. The Morgan fingerprint density at radius 3 is 2.62 bits per heavy atom. The van der Waals surface area contributed by atoms with E-state index in [0.29, 0.717) is 15.6 Å². The average Bonchev–Trinajstić information content (AvgIpc) is 2.09. The van der Waals surface area contributed by atoms with Crippen molar-refractivity contribution < 1.29 is 9.18 Å². The third kappa shape index (κ3) is 2.98. The smallest absolute Gasteiger partial charge is 0.168 e. The standard InChI is InChI=1S/C9H7Cl2FO/c10-7-2-1-6(9(11)4-7)3-8(13)5-12/h1-2,4H,3,5H2. The van der Waals surface area contributed by atoms with E-state index < -0.39 is 12.5 Å². The third-order valence-corrected chi connectivity index (χ3v) is 2.14. The molecule has 1 nitrogen and oxygen atoms in total. The SMILES string of the molecule is O=C(CF)Cc1ccc(Cl)cc1Cl. The minimum atomic E-state index is -0.959. The summed E-state index contributed by atoms with van der Waals surface area (Å²) in [5.41, 5.74) is 0.605. The number of halogens is 3. The molecular formula is C9H7Cl2FO. The summed E-state index contributed by atoms with van der Waals surface area (Å²) in [6.07, 6.45) is 0.0203. The number of alkyl halides is 1. The molecule has 0 aliphatic rings. The van der Waals surface area contributed by atoms with Crippen LogP contribution in [0, 0.1) is 0 Å². The molecule has 0 aliphatic carbocycles. The van der Waals surface area contributed by atoms with E-state index in [1.807, 2.05) is 0 Å². The van der Waals surface area contributed by atoms with E-state index in [2.05, 4.69) is 0 Å². The second kappa shape index (κ2) is 4.58. The molecule has 13 heavy (non-hydrogen) atoms. The number of Topliss-reactive ketones (excluding diaryl/α,β-unsaturated/α-hetero) is 1.